The highest BCUT2D eigenvalue weighted by Gasteiger charge is 2.34. The molecule has 0 atom stereocenters. The Morgan fingerprint density at radius 2 is 2.29 bits per heavy atom. The largest absolute Gasteiger partial charge is 0.387 e. The maximum Gasteiger partial charge on any atom is 0.251 e. The van der Waals surface area contributed by atoms with Crippen LogP contribution in [0, 0.1) is 0 Å². The van der Waals surface area contributed by atoms with Gasteiger partial charge in [0.2, 0.25) is 0 Å². The molecule has 2 rings (SSSR count). The van der Waals surface area contributed by atoms with Gasteiger partial charge in [-0.05, 0) is 24.6 Å². The molecule has 17 heavy (non-hydrogen) atoms. The van der Waals surface area contributed by atoms with Gasteiger partial charge in [-0.1, -0.05) is 12.1 Å². The summed E-state index contributed by atoms with van der Waals surface area (Å²) in [6.45, 7) is 3.76. The minimum Gasteiger partial charge on any atom is -0.387 e. The third kappa shape index (κ3) is 2.84. The molecule has 4 heteroatoms. The topological polar surface area (TPSA) is 61.4 Å². The smallest absolute Gasteiger partial charge is 0.251 e. The molecule has 1 fully saturated rings. The van der Waals surface area contributed by atoms with E-state index in [1.165, 1.54) is 0 Å². The van der Waals surface area contributed by atoms with Gasteiger partial charge >= 0.3 is 0 Å². The predicted octanol–water partition coefficient (Wildman–Crippen LogP) is 0.313. The highest BCUT2D eigenvalue weighted by molar-refractivity contribution is 5.94. The Balaban J connectivity index is 2.08. The molecule has 0 unspecified atom stereocenters. The van der Waals surface area contributed by atoms with Gasteiger partial charge in [0.15, 0.2) is 0 Å². The Kier molecular flexibility index (Phi) is 3.45. The van der Waals surface area contributed by atoms with Crippen LogP contribution in [0.3, 0.4) is 0 Å². The minimum absolute atomic E-state index is 0.0620. The Morgan fingerprint density at radius 1 is 1.53 bits per heavy atom. The Hall–Kier alpha value is -1.39. The molecule has 3 N–H and O–H groups in total. The van der Waals surface area contributed by atoms with Crippen molar-refractivity contribution in [1.29, 1.82) is 0 Å². The lowest BCUT2D eigenvalue weighted by molar-refractivity contribution is -0.00903. The molecular formula is C13H18N2O2. The number of amides is 1. The van der Waals surface area contributed by atoms with Crippen molar-refractivity contribution in [2.45, 2.75) is 18.9 Å². The van der Waals surface area contributed by atoms with Crippen LogP contribution in [-0.2, 0) is 6.42 Å². The van der Waals surface area contributed by atoms with Crippen LogP contribution in [0.15, 0.2) is 24.3 Å². The highest BCUT2D eigenvalue weighted by Crippen LogP contribution is 2.18. The molecule has 1 heterocycles. The summed E-state index contributed by atoms with van der Waals surface area (Å²) in [5.41, 5.74) is 1.01. The number of aliphatic hydroxyl groups is 1. The van der Waals surface area contributed by atoms with Gasteiger partial charge in [-0.25, -0.2) is 0 Å². The van der Waals surface area contributed by atoms with Crippen molar-refractivity contribution in [3.05, 3.63) is 35.4 Å². The molecule has 0 radical (unpaired) electrons. The molecule has 0 aromatic heterocycles. The summed E-state index contributed by atoms with van der Waals surface area (Å²) in [4.78, 5) is 11.7. The number of carbonyl (C=O) groups is 1. The molecule has 1 aliphatic rings. The van der Waals surface area contributed by atoms with Gasteiger partial charge in [0.1, 0.15) is 0 Å². The number of carbonyl (C=O) groups excluding carboxylic acids is 1. The van der Waals surface area contributed by atoms with Crippen LogP contribution in [0.5, 0.6) is 0 Å². The quantitative estimate of drug-likeness (QED) is 0.703. The summed E-state index contributed by atoms with van der Waals surface area (Å²) in [5.74, 6) is -0.0620. The summed E-state index contributed by atoms with van der Waals surface area (Å²) >= 11 is 0. The van der Waals surface area contributed by atoms with Crippen molar-refractivity contribution in [3.63, 3.8) is 0 Å². The fraction of sp³-hybridized carbons (Fsp3) is 0.462. The first-order chi connectivity index (χ1) is 8.13. The van der Waals surface area contributed by atoms with Crippen LogP contribution in [0.25, 0.3) is 0 Å². The summed E-state index contributed by atoms with van der Waals surface area (Å²) in [7, 11) is 0. The Labute approximate surface area is 101 Å². The van der Waals surface area contributed by atoms with E-state index in [0.717, 1.165) is 5.56 Å². The number of benzene rings is 1. The number of hydrogen-bond donors (Lipinski definition) is 3. The first-order valence-corrected chi connectivity index (χ1v) is 5.93. The van der Waals surface area contributed by atoms with Crippen LogP contribution in [0.2, 0.25) is 0 Å². The van der Waals surface area contributed by atoms with E-state index < -0.39 is 5.60 Å². The van der Waals surface area contributed by atoms with E-state index in [2.05, 4.69) is 10.6 Å². The van der Waals surface area contributed by atoms with Crippen molar-refractivity contribution >= 4 is 5.91 Å². The van der Waals surface area contributed by atoms with Gasteiger partial charge in [-0.2, -0.15) is 0 Å². The molecule has 1 aromatic rings. The first kappa shape index (κ1) is 12.1. The molecule has 1 saturated heterocycles. The molecule has 0 spiro atoms. The lowest BCUT2D eigenvalue weighted by Gasteiger charge is -2.37. The number of nitrogens with one attached hydrogen (secondary N) is 2. The van der Waals surface area contributed by atoms with E-state index in [-0.39, 0.29) is 5.91 Å². The van der Waals surface area contributed by atoms with Gasteiger partial charge in [0, 0.05) is 31.6 Å². The molecule has 1 aromatic carbocycles. The van der Waals surface area contributed by atoms with Crippen molar-refractivity contribution in [1.82, 2.24) is 10.6 Å². The number of β-amino-alcohol motifs (C(OH)–C–C–N with tert-alkyl or cyclic N) is 1. The minimum atomic E-state index is -0.639. The zero-order valence-corrected chi connectivity index (χ0v) is 9.99. The molecular weight excluding hydrogens is 216 g/mol. The SMILES string of the molecule is CCNC(=O)c1cccc(CC2(O)CNC2)c1. The van der Waals surface area contributed by atoms with Crippen LogP contribution >= 0.6 is 0 Å². The van der Waals surface area contributed by atoms with Gasteiger partial charge in [0.25, 0.3) is 5.91 Å². The molecule has 0 saturated carbocycles. The normalized spacial score (nSPS) is 17.3. The van der Waals surface area contributed by atoms with Crippen molar-refractivity contribution in [3.8, 4) is 0 Å². The third-order valence-corrected chi connectivity index (χ3v) is 2.97. The fourth-order valence-electron chi connectivity index (χ4n) is 2.00. The number of rotatable bonds is 4. The second kappa shape index (κ2) is 4.85. The van der Waals surface area contributed by atoms with Gasteiger partial charge in [-0.15, -0.1) is 0 Å². The van der Waals surface area contributed by atoms with Crippen molar-refractivity contribution in [2.24, 2.45) is 0 Å². The van der Waals surface area contributed by atoms with Gasteiger partial charge in [-0.3, -0.25) is 4.79 Å². The standard InChI is InChI=1S/C13H18N2O2/c1-2-15-12(16)11-5-3-4-10(6-11)7-13(17)8-14-9-13/h3-6,14,17H,2,7-9H2,1H3,(H,15,16). The monoisotopic (exact) mass is 234 g/mol. The van der Waals surface area contributed by atoms with E-state index in [4.69, 9.17) is 0 Å². The summed E-state index contributed by atoms with van der Waals surface area (Å²) in [5, 5.41) is 15.8. The predicted molar refractivity (Wildman–Crippen MR) is 66.0 cm³/mol. The second-order valence-corrected chi connectivity index (χ2v) is 4.56. The molecule has 1 aliphatic heterocycles. The second-order valence-electron chi connectivity index (χ2n) is 4.56. The zero-order valence-electron chi connectivity index (χ0n) is 9.99. The van der Waals surface area contributed by atoms with Crippen LogP contribution in [-0.4, -0.2) is 36.2 Å². The molecule has 92 valence electrons. The average molecular weight is 234 g/mol. The first-order valence-electron chi connectivity index (χ1n) is 5.93. The van der Waals surface area contributed by atoms with E-state index >= 15 is 0 Å². The lowest BCUT2D eigenvalue weighted by Crippen LogP contribution is -2.60. The van der Waals surface area contributed by atoms with Crippen molar-refractivity contribution in [2.75, 3.05) is 19.6 Å². The Morgan fingerprint density at radius 3 is 2.88 bits per heavy atom. The van der Waals surface area contributed by atoms with E-state index in [9.17, 15) is 9.90 Å². The van der Waals surface area contributed by atoms with Gasteiger partial charge in [0.05, 0.1) is 5.60 Å². The van der Waals surface area contributed by atoms with Crippen LogP contribution in [0.1, 0.15) is 22.8 Å². The maximum absolute atomic E-state index is 11.7. The number of hydrogen-bond acceptors (Lipinski definition) is 3. The lowest BCUT2D eigenvalue weighted by atomic mass is 9.88. The Bertz CT molecular complexity index is 414. The maximum atomic E-state index is 11.7. The highest BCUT2D eigenvalue weighted by atomic mass is 16.3. The molecule has 0 bridgehead atoms. The average Bonchev–Trinajstić information content (AvgIpc) is 2.28. The summed E-state index contributed by atoms with van der Waals surface area (Å²) in [6, 6.07) is 7.44. The van der Waals surface area contributed by atoms with Crippen LogP contribution in [0.4, 0.5) is 0 Å². The molecule has 4 nitrogen and oxygen atoms in total. The zero-order chi connectivity index (χ0) is 12.3. The third-order valence-electron chi connectivity index (χ3n) is 2.97. The van der Waals surface area contributed by atoms with Gasteiger partial charge < -0.3 is 15.7 Å². The van der Waals surface area contributed by atoms with E-state index in [0.29, 0.717) is 31.6 Å². The van der Waals surface area contributed by atoms with Crippen LogP contribution < -0.4 is 10.6 Å². The van der Waals surface area contributed by atoms with E-state index in [1.807, 2.05) is 25.1 Å². The van der Waals surface area contributed by atoms with Crippen molar-refractivity contribution < 1.29 is 9.90 Å². The summed E-state index contributed by atoms with van der Waals surface area (Å²) in [6.07, 6.45) is 0.591. The molecule has 0 aliphatic carbocycles. The fourth-order valence-corrected chi connectivity index (χ4v) is 2.00. The van der Waals surface area contributed by atoms with E-state index in [1.54, 1.807) is 6.07 Å². The summed E-state index contributed by atoms with van der Waals surface area (Å²) < 4.78 is 0. The molecule has 1 amide bonds.